The molecule has 30 heavy (non-hydrogen) atoms. The van der Waals surface area contributed by atoms with Gasteiger partial charge in [-0.1, -0.05) is 43.7 Å². The summed E-state index contributed by atoms with van der Waals surface area (Å²) in [4.78, 5) is 0. The molecule has 0 unspecified atom stereocenters. The summed E-state index contributed by atoms with van der Waals surface area (Å²) in [5.41, 5.74) is 2.53. The number of hydrogen-bond donors (Lipinski definition) is 0. The van der Waals surface area contributed by atoms with E-state index in [1.807, 2.05) is 6.92 Å². The first-order chi connectivity index (χ1) is 14.4. The van der Waals surface area contributed by atoms with Crippen molar-refractivity contribution < 1.29 is 17.9 Å². The number of hydrogen-bond acceptors (Lipinski definition) is 2. The van der Waals surface area contributed by atoms with Crippen molar-refractivity contribution in [2.24, 2.45) is 0 Å². The molecule has 0 N–H and O–H groups in total. The smallest absolute Gasteiger partial charge is 0.426 e. The first-order valence-electron chi connectivity index (χ1n) is 9.85. The van der Waals surface area contributed by atoms with Crippen LogP contribution in [-0.2, 0) is 25.4 Å². The number of benzene rings is 3. The van der Waals surface area contributed by atoms with Gasteiger partial charge >= 0.3 is 6.11 Å². The molecule has 5 heteroatoms. The van der Waals surface area contributed by atoms with Gasteiger partial charge in [-0.15, -0.1) is 0 Å². The van der Waals surface area contributed by atoms with Crippen LogP contribution in [0.25, 0.3) is 0 Å². The molecule has 0 amide bonds. The Bertz CT molecular complexity index is 1020. The Morgan fingerprint density at radius 2 is 1.40 bits per heavy atom. The molecule has 2 nitrogen and oxygen atoms in total. The zero-order valence-electron chi connectivity index (χ0n) is 16.7. The Labute approximate surface area is 174 Å². The van der Waals surface area contributed by atoms with Gasteiger partial charge in [0.1, 0.15) is 17.6 Å². The lowest BCUT2D eigenvalue weighted by Crippen LogP contribution is -2.21. The molecule has 3 aromatic carbocycles. The molecule has 154 valence electrons. The zero-order valence-corrected chi connectivity index (χ0v) is 16.7. The van der Waals surface area contributed by atoms with Crippen molar-refractivity contribution in [1.82, 2.24) is 0 Å². The average molecular weight is 409 g/mol. The minimum absolute atomic E-state index is 0.0150. The fourth-order valence-corrected chi connectivity index (χ4v) is 3.18. The molecule has 0 saturated carbocycles. The van der Waals surface area contributed by atoms with Crippen molar-refractivity contribution in [2.45, 2.75) is 38.7 Å². The highest BCUT2D eigenvalue weighted by Gasteiger charge is 2.34. The topological polar surface area (TPSA) is 33.0 Å². The third-order valence-electron chi connectivity index (χ3n) is 4.85. The highest BCUT2D eigenvalue weighted by Crippen LogP contribution is 2.32. The fourth-order valence-electron chi connectivity index (χ4n) is 3.18. The van der Waals surface area contributed by atoms with Crippen LogP contribution < -0.4 is 4.74 Å². The summed E-state index contributed by atoms with van der Waals surface area (Å²) in [6.45, 7) is 2.04. The van der Waals surface area contributed by atoms with Crippen LogP contribution in [-0.4, -0.2) is 0 Å². The predicted octanol–water partition coefficient (Wildman–Crippen LogP) is 6.56. The normalized spacial score (nSPS) is 11.2. The lowest BCUT2D eigenvalue weighted by molar-refractivity contribution is -0.185. The maximum absolute atomic E-state index is 14.4. The summed E-state index contributed by atoms with van der Waals surface area (Å²) >= 11 is 0. The molecule has 0 heterocycles. The number of rotatable bonds is 8. The third-order valence-corrected chi connectivity index (χ3v) is 4.85. The van der Waals surface area contributed by atoms with Gasteiger partial charge in [-0.05, 0) is 72.4 Å². The lowest BCUT2D eigenvalue weighted by atomic mass is 10.0. The van der Waals surface area contributed by atoms with Gasteiger partial charge in [0.05, 0.1) is 11.1 Å². The van der Waals surface area contributed by atoms with Gasteiger partial charge in [-0.25, -0.2) is 4.39 Å². The molecule has 0 radical (unpaired) electrons. The van der Waals surface area contributed by atoms with Gasteiger partial charge in [-0.3, -0.25) is 0 Å². The Hall–Kier alpha value is -3.26. The van der Waals surface area contributed by atoms with E-state index in [1.165, 1.54) is 36.4 Å². The largest absolute Gasteiger partial charge is 0.429 e. The third kappa shape index (κ3) is 5.42. The van der Waals surface area contributed by atoms with Gasteiger partial charge in [0.25, 0.3) is 0 Å². The SMILES string of the molecule is CCCc1ccc(C(F)(F)Oc2ccc(CCc3ccc(C#N)c(F)c3)cc2)cc1. The number of nitrogens with zero attached hydrogens (tertiary/aromatic N) is 1. The maximum atomic E-state index is 14.4. The van der Waals surface area contributed by atoms with Gasteiger partial charge in [-0.2, -0.15) is 14.0 Å². The molecule has 0 bridgehead atoms. The fraction of sp³-hybridized carbons (Fsp3) is 0.240. The molecule has 0 atom stereocenters. The number of nitriles is 1. The zero-order chi connectivity index (χ0) is 21.6. The van der Waals surface area contributed by atoms with E-state index >= 15 is 0 Å². The van der Waals surface area contributed by atoms with Crippen LogP contribution in [0.2, 0.25) is 0 Å². The second-order valence-electron chi connectivity index (χ2n) is 7.14. The summed E-state index contributed by atoms with van der Waals surface area (Å²) in [5.74, 6) is -0.463. The monoisotopic (exact) mass is 409 g/mol. The van der Waals surface area contributed by atoms with Gasteiger partial charge < -0.3 is 4.74 Å². The highest BCUT2D eigenvalue weighted by atomic mass is 19.3. The molecular weight excluding hydrogens is 387 g/mol. The molecule has 0 aliphatic heterocycles. The standard InChI is InChI=1S/C25H22F3NO/c1-2-3-18-7-12-22(13-8-18)25(27,28)30-23-14-9-19(10-15-23)4-5-20-6-11-21(17-29)24(26)16-20/h6-16H,2-5H2,1H3. The highest BCUT2D eigenvalue weighted by molar-refractivity contribution is 5.34. The van der Waals surface area contributed by atoms with E-state index in [-0.39, 0.29) is 16.9 Å². The minimum atomic E-state index is -3.42. The van der Waals surface area contributed by atoms with Crippen molar-refractivity contribution in [3.05, 3.63) is 100 Å². The van der Waals surface area contributed by atoms with Gasteiger partial charge in [0.15, 0.2) is 0 Å². The maximum Gasteiger partial charge on any atom is 0.426 e. The van der Waals surface area contributed by atoms with Crippen molar-refractivity contribution in [1.29, 1.82) is 5.26 Å². The Balaban J connectivity index is 1.61. The van der Waals surface area contributed by atoms with Crippen molar-refractivity contribution in [3.8, 4) is 11.8 Å². The van der Waals surface area contributed by atoms with Crippen molar-refractivity contribution in [3.63, 3.8) is 0 Å². The summed E-state index contributed by atoms with van der Waals surface area (Å²) in [5, 5.41) is 8.78. The van der Waals surface area contributed by atoms with E-state index in [2.05, 4.69) is 0 Å². The van der Waals surface area contributed by atoms with Crippen LogP contribution in [0, 0.1) is 17.1 Å². The lowest BCUT2D eigenvalue weighted by Gasteiger charge is -2.19. The number of halogens is 3. The minimum Gasteiger partial charge on any atom is -0.429 e. The first-order valence-corrected chi connectivity index (χ1v) is 9.85. The van der Waals surface area contributed by atoms with Gasteiger partial charge in [0.2, 0.25) is 0 Å². The second-order valence-corrected chi connectivity index (χ2v) is 7.14. The predicted molar refractivity (Wildman–Crippen MR) is 110 cm³/mol. The molecule has 3 rings (SSSR count). The molecule has 0 spiro atoms. The molecule has 3 aromatic rings. The van der Waals surface area contributed by atoms with E-state index in [0.29, 0.717) is 12.8 Å². The van der Waals surface area contributed by atoms with Crippen LogP contribution in [0.15, 0.2) is 66.7 Å². The summed E-state index contributed by atoms with van der Waals surface area (Å²) < 4.78 is 47.5. The Morgan fingerprint density at radius 3 is 2.00 bits per heavy atom. The molecule has 0 aliphatic carbocycles. The second kappa shape index (κ2) is 9.49. The van der Waals surface area contributed by atoms with E-state index < -0.39 is 11.9 Å². The molecule has 0 aliphatic rings. The van der Waals surface area contributed by atoms with Crippen LogP contribution in [0.4, 0.5) is 13.2 Å². The van der Waals surface area contributed by atoms with Crippen molar-refractivity contribution >= 4 is 0 Å². The summed E-state index contributed by atoms with van der Waals surface area (Å²) in [7, 11) is 0. The quantitative estimate of drug-likeness (QED) is 0.422. The van der Waals surface area contributed by atoms with Crippen molar-refractivity contribution in [2.75, 3.05) is 0 Å². The Kier molecular flexibility index (Phi) is 6.79. The van der Waals surface area contributed by atoms with E-state index in [4.69, 9.17) is 10.00 Å². The molecule has 0 fully saturated rings. The van der Waals surface area contributed by atoms with Crippen LogP contribution >= 0.6 is 0 Å². The van der Waals surface area contributed by atoms with E-state index in [0.717, 1.165) is 29.5 Å². The van der Waals surface area contributed by atoms with Gasteiger partial charge in [0, 0.05) is 0 Å². The molecular formula is C25H22F3NO. The molecule has 0 aromatic heterocycles. The van der Waals surface area contributed by atoms with E-state index in [9.17, 15) is 13.2 Å². The average Bonchev–Trinajstić information content (AvgIpc) is 2.74. The van der Waals surface area contributed by atoms with E-state index in [1.54, 1.807) is 36.4 Å². The number of aryl methyl sites for hydroxylation is 3. The van der Waals surface area contributed by atoms with Crippen LogP contribution in [0.3, 0.4) is 0 Å². The Morgan fingerprint density at radius 1 is 0.833 bits per heavy atom. The summed E-state index contributed by atoms with van der Waals surface area (Å²) in [6, 6.07) is 19.0. The van der Waals surface area contributed by atoms with Crippen LogP contribution in [0.5, 0.6) is 5.75 Å². The molecule has 0 saturated heterocycles. The summed E-state index contributed by atoms with van der Waals surface area (Å²) in [6.07, 6.45) is -0.432. The first kappa shape index (κ1) is 21.4. The number of alkyl halides is 2. The van der Waals surface area contributed by atoms with Crippen LogP contribution in [0.1, 0.15) is 41.2 Å². The number of ether oxygens (including phenoxy) is 1.